The molecule has 0 aromatic rings. The highest BCUT2D eigenvalue weighted by atomic mass is 16.2. The monoisotopic (exact) mass is 224 g/mol. The summed E-state index contributed by atoms with van der Waals surface area (Å²) >= 11 is 0. The van der Waals surface area contributed by atoms with Gasteiger partial charge in [-0.2, -0.15) is 0 Å². The van der Waals surface area contributed by atoms with Crippen LogP contribution in [0, 0.1) is 0 Å². The average molecular weight is 224 g/mol. The number of hydrogen-bond acceptors (Lipinski definition) is 3. The topological polar surface area (TPSA) is 47.6 Å². The number of carbonyl (C=O) groups is 1. The molecule has 2 aliphatic heterocycles. The van der Waals surface area contributed by atoms with Crippen molar-refractivity contribution in [2.24, 2.45) is 0 Å². The molecule has 0 unspecified atom stereocenters. The van der Waals surface area contributed by atoms with Gasteiger partial charge in [0.05, 0.1) is 0 Å². The quantitative estimate of drug-likeness (QED) is 0.661. The van der Waals surface area contributed by atoms with Gasteiger partial charge in [-0.25, -0.2) is 4.79 Å². The molecule has 2 amide bonds. The molecular formula is C11H20N4O. The highest BCUT2D eigenvalue weighted by molar-refractivity contribution is 5.75. The van der Waals surface area contributed by atoms with E-state index in [1.54, 1.807) is 0 Å². The number of hydrogen-bond donors (Lipinski definition) is 2. The van der Waals surface area contributed by atoms with Crippen LogP contribution in [0.15, 0.2) is 0 Å². The number of amides is 2. The van der Waals surface area contributed by atoms with E-state index in [0.717, 1.165) is 39.3 Å². The summed E-state index contributed by atoms with van der Waals surface area (Å²) in [6.07, 6.45) is 2.33. The zero-order valence-electron chi connectivity index (χ0n) is 9.61. The van der Waals surface area contributed by atoms with Crippen molar-refractivity contribution in [2.45, 2.75) is 24.9 Å². The highest BCUT2D eigenvalue weighted by Crippen LogP contribution is 2.19. The van der Waals surface area contributed by atoms with Crippen molar-refractivity contribution < 1.29 is 4.79 Å². The molecule has 90 valence electrons. The maximum atomic E-state index is 11.8. The van der Waals surface area contributed by atoms with Gasteiger partial charge in [-0.15, -0.1) is 0 Å². The molecule has 5 heteroatoms. The van der Waals surface area contributed by atoms with E-state index >= 15 is 0 Å². The normalized spacial score (nSPS) is 27.6. The van der Waals surface area contributed by atoms with Gasteiger partial charge in [0.2, 0.25) is 0 Å². The summed E-state index contributed by atoms with van der Waals surface area (Å²) < 4.78 is 0. The Bertz CT molecular complexity index is 267. The summed E-state index contributed by atoms with van der Waals surface area (Å²) in [6.45, 7) is 6.07. The minimum absolute atomic E-state index is 0.147. The van der Waals surface area contributed by atoms with Crippen LogP contribution >= 0.6 is 0 Å². The van der Waals surface area contributed by atoms with Crippen LogP contribution < -0.4 is 10.6 Å². The third-order valence-corrected chi connectivity index (χ3v) is 3.78. The van der Waals surface area contributed by atoms with E-state index in [2.05, 4.69) is 15.5 Å². The van der Waals surface area contributed by atoms with Crippen molar-refractivity contribution in [3.63, 3.8) is 0 Å². The molecule has 0 atom stereocenters. The molecule has 2 saturated heterocycles. The van der Waals surface area contributed by atoms with Crippen LogP contribution in [0.2, 0.25) is 0 Å². The summed E-state index contributed by atoms with van der Waals surface area (Å²) in [5.74, 6) is 0. The SMILES string of the molecule is O=C(NC1CC1)N1CCN(C2CNC2)CC1. The molecule has 16 heavy (non-hydrogen) atoms. The molecule has 2 heterocycles. The van der Waals surface area contributed by atoms with Gasteiger partial charge in [-0.1, -0.05) is 0 Å². The second kappa shape index (κ2) is 4.22. The van der Waals surface area contributed by atoms with Gasteiger partial charge in [0.15, 0.2) is 0 Å². The molecule has 0 aromatic carbocycles. The van der Waals surface area contributed by atoms with E-state index in [9.17, 15) is 4.79 Å². The zero-order chi connectivity index (χ0) is 11.0. The Morgan fingerprint density at radius 2 is 1.81 bits per heavy atom. The van der Waals surface area contributed by atoms with Crippen molar-refractivity contribution in [3.05, 3.63) is 0 Å². The number of carbonyl (C=O) groups excluding carboxylic acids is 1. The third-order valence-electron chi connectivity index (χ3n) is 3.78. The second-order valence-corrected chi connectivity index (χ2v) is 5.06. The average Bonchev–Trinajstić information content (AvgIpc) is 3.00. The Morgan fingerprint density at radius 1 is 1.12 bits per heavy atom. The molecule has 3 rings (SSSR count). The van der Waals surface area contributed by atoms with Gasteiger partial charge < -0.3 is 15.5 Å². The van der Waals surface area contributed by atoms with Crippen molar-refractivity contribution in [1.82, 2.24) is 20.4 Å². The predicted molar refractivity (Wildman–Crippen MR) is 61.4 cm³/mol. The Morgan fingerprint density at radius 3 is 2.31 bits per heavy atom. The minimum atomic E-state index is 0.147. The largest absolute Gasteiger partial charge is 0.335 e. The molecule has 0 bridgehead atoms. The Balaban J connectivity index is 1.43. The minimum Gasteiger partial charge on any atom is -0.335 e. The van der Waals surface area contributed by atoms with Crippen LogP contribution in [0.1, 0.15) is 12.8 Å². The van der Waals surface area contributed by atoms with Crippen LogP contribution in [-0.4, -0.2) is 67.2 Å². The smallest absolute Gasteiger partial charge is 0.317 e. The third kappa shape index (κ3) is 2.15. The van der Waals surface area contributed by atoms with Crippen molar-refractivity contribution in [1.29, 1.82) is 0 Å². The van der Waals surface area contributed by atoms with E-state index in [1.165, 1.54) is 12.8 Å². The van der Waals surface area contributed by atoms with E-state index in [-0.39, 0.29) is 6.03 Å². The van der Waals surface area contributed by atoms with Gasteiger partial charge in [0.25, 0.3) is 0 Å². The number of rotatable bonds is 2. The molecular weight excluding hydrogens is 204 g/mol. The molecule has 1 aliphatic carbocycles. The Kier molecular flexibility index (Phi) is 2.73. The highest BCUT2D eigenvalue weighted by Gasteiger charge is 2.31. The molecule has 3 fully saturated rings. The van der Waals surface area contributed by atoms with Gasteiger partial charge in [-0.05, 0) is 12.8 Å². The van der Waals surface area contributed by atoms with Crippen LogP contribution in [0.5, 0.6) is 0 Å². The standard InChI is InChI=1S/C11H20N4O/c16-11(13-9-1-2-9)15-5-3-14(4-6-15)10-7-12-8-10/h9-10,12H,1-8H2,(H,13,16). The number of urea groups is 1. The fourth-order valence-electron chi connectivity index (χ4n) is 2.32. The van der Waals surface area contributed by atoms with Crippen LogP contribution in [0.25, 0.3) is 0 Å². The van der Waals surface area contributed by atoms with E-state index in [4.69, 9.17) is 0 Å². The summed E-state index contributed by atoms with van der Waals surface area (Å²) in [5, 5.41) is 6.34. The summed E-state index contributed by atoms with van der Waals surface area (Å²) in [7, 11) is 0. The lowest BCUT2D eigenvalue weighted by atomic mass is 10.1. The first kappa shape index (κ1) is 10.4. The first-order valence-electron chi connectivity index (χ1n) is 6.33. The second-order valence-electron chi connectivity index (χ2n) is 5.06. The maximum Gasteiger partial charge on any atom is 0.317 e. The van der Waals surface area contributed by atoms with E-state index in [0.29, 0.717) is 12.1 Å². The molecule has 5 nitrogen and oxygen atoms in total. The molecule has 3 aliphatic rings. The summed E-state index contributed by atoms with van der Waals surface area (Å²) in [4.78, 5) is 16.2. The Labute approximate surface area is 96.2 Å². The molecule has 0 spiro atoms. The fraction of sp³-hybridized carbons (Fsp3) is 0.909. The van der Waals surface area contributed by atoms with Gasteiger partial charge in [-0.3, -0.25) is 4.90 Å². The first-order chi connectivity index (χ1) is 7.83. The van der Waals surface area contributed by atoms with Crippen LogP contribution in [0.4, 0.5) is 4.79 Å². The molecule has 2 N–H and O–H groups in total. The number of nitrogens with zero attached hydrogens (tertiary/aromatic N) is 2. The zero-order valence-corrected chi connectivity index (χ0v) is 9.61. The van der Waals surface area contributed by atoms with E-state index in [1.807, 2.05) is 4.90 Å². The first-order valence-corrected chi connectivity index (χ1v) is 6.33. The van der Waals surface area contributed by atoms with Crippen molar-refractivity contribution in [2.75, 3.05) is 39.3 Å². The lowest BCUT2D eigenvalue weighted by Gasteiger charge is -2.43. The molecule has 0 radical (unpaired) electrons. The number of nitrogens with one attached hydrogen (secondary N) is 2. The lowest BCUT2D eigenvalue weighted by molar-refractivity contribution is 0.0843. The van der Waals surface area contributed by atoms with Gasteiger partial charge in [0.1, 0.15) is 0 Å². The molecule has 0 aromatic heterocycles. The maximum absolute atomic E-state index is 11.8. The van der Waals surface area contributed by atoms with Gasteiger partial charge in [0, 0.05) is 51.4 Å². The van der Waals surface area contributed by atoms with E-state index < -0.39 is 0 Å². The number of piperazine rings is 1. The lowest BCUT2D eigenvalue weighted by Crippen LogP contribution is -2.62. The summed E-state index contributed by atoms with van der Waals surface area (Å²) in [6, 6.07) is 1.34. The van der Waals surface area contributed by atoms with Crippen molar-refractivity contribution >= 4 is 6.03 Å². The summed E-state index contributed by atoms with van der Waals surface area (Å²) in [5.41, 5.74) is 0. The predicted octanol–water partition coefficient (Wildman–Crippen LogP) is -0.552. The molecule has 1 saturated carbocycles. The van der Waals surface area contributed by atoms with Crippen LogP contribution in [-0.2, 0) is 0 Å². The fourth-order valence-corrected chi connectivity index (χ4v) is 2.32. The van der Waals surface area contributed by atoms with Crippen LogP contribution in [0.3, 0.4) is 0 Å². The Hall–Kier alpha value is -0.810. The van der Waals surface area contributed by atoms with Gasteiger partial charge >= 0.3 is 6.03 Å². The van der Waals surface area contributed by atoms with Crippen molar-refractivity contribution in [3.8, 4) is 0 Å².